The van der Waals surface area contributed by atoms with Crippen LogP contribution in [-0.4, -0.2) is 15.1 Å². The molecule has 2 aliphatic rings. The predicted molar refractivity (Wildman–Crippen MR) is 193 cm³/mol. The van der Waals surface area contributed by atoms with Gasteiger partial charge in [-0.15, -0.1) is 0 Å². The molecule has 10 rings (SSSR count). The first-order valence-electron chi connectivity index (χ1n) is 16.3. The van der Waals surface area contributed by atoms with Crippen LogP contribution in [-0.2, 0) is 0 Å². The predicted octanol–water partition coefficient (Wildman–Crippen LogP) is 9.72. The zero-order chi connectivity index (χ0) is 31.4. The van der Waals surface area contributed by atoms with Crippen molar-refractivity contribution in [1.29, 1.82) is 0 Å². The van der Waals surface area contributed by atoms with Gasteiger partial charge in [0.05, 0.1) is 34.3 Å². The minimum Gasteiger partial charge on any atom is -0.293 e. The first-order chi connectivity index (χ1) is 23.2. The monoisotopic (exact) mass is 603 g/mol. The van der Waals surface area contributed by atoms with Crippen molar-refractivity contribution < 1.29 is 4.57 Å². The van der Waals surface area contributed by atoms with Crippen LogP contribution < -0.4 is 4.57 Å². The maximum absolute atomic E-state index is 5.71. The van der Waals surface area contributed by atoms with Crippen molar-refractivity contribution in [3.63, 3.8) is 0 Å². The molecule has 1 aliphatic carbocycles. The van der Waals surface area contributed by atoms with E-state index in [4.69, 9.17) is 9.98 Å². The molecule has 4 aromatic carbocycles. The van der Waals surface area contributed by atoms with Crippen LogP contribution >= 0.6 is 0 Å². The van der Waals surface area contributed by atoms with Gasteiger partial charge in [0.15, 0.2) is 12.2 Å². The number of para-hydroxylation sites is 1. The molecule has 1 saturated carbocycles. The number of allylic oxidation sites excluding steroid dienone is 1. The van der Waals surface area contributed by atoms with Crippen molar-refractivity contribution in [2.24, 2.45) is 4.99 Å². The number of pyridine rings is 2. The highest BCUT2D eigenvalue weighted by Gasteiger charge is 2.64. The van der Waals surface area contributed by atoms with Crippen LogP contribution in [0.4, 0.5) is 0 Å². The Kier molecular flexibility index (Phi) is 5.37. The van der Waals surface area contributed by atoms with Crippen LogP contribution in [0.5, 0.6) is 0 Å². The fourth-order valence-corrected chi connectivity index (χ4v) is 8.47. The summed E-state index contributed by atoms with van der Waals surface area (Å²) in [5, 5.41) is 4.81. The molecule has 3 unspecified atom stereocenters. The third-order valence-corrected chi connectivity index (χ3v) is 10.4. The number of hydrogen-bond acceptors (Lipinski definition) is 2. The van der Waals surface area contributed by atoms with Gasteiger partial charge >= 0.3 is 0 Å². The normalized spacial score (nSPS) is 18.4. The molecule has 4 aromatic heterocycles. The summed E-state index contributed by atoms with van der Waals surface area (Å²) < 4.78 is 4.88. The van der Waals surface area contributed by atoms with E-state index in [1.807, 2.05) is 6.08 Å². The Morgan fingerprint density at radius 2 is 1.55 bits per heavy atom. The maximum Gasteiger partial charge on any atom is 0.213 e. The Balaban J connectivity index is 1.31. The summed E-state index contributed by atoms with van der Waals surface area (Å²) >= 11 is 0. The molecule has 0 bridgehead atoms. The number of fused-ring (bicyclic) bond motifs is 12. The van der Waals surface area contributed by atoms with Crippen molar-refractivity contribution in [2.45, 2.75) is 24.8 Å². The lowest BCUT2D eigenvalue weighted by Crippen LogP contribution is -2.38. The van der Waals surface area contributed by atoms with E-state index in [9.17, 15) is 0 Å². The van der Waals surface area contributed by atoms with Crippen LogP contribution in [0.3, 0.4) is 0 Å². The number of hydrogen-bond donors (Lipinski definition) is 0. The molecule has 0 N–H and O–H groups in total. The molecule has 1 fully saturated rings. The third-order valence-electron chi connectivity index (χ3n) is 10.4. The van der Waals surface area contributed by atoms with Gasteiger partial charge in [-0.25, -0.2) is 4.98 Å². The Morgan fingerprint density at radius 1 is 0.787 bits per heavy atom. The highest BCUT2D eigenvalue weighted by atomic mass is 15.1. The largest absolute Gasteiger partial charge is 0.293 e. The smallest absolute Gasteiger partial charge is 0.213 e. The second kappa shape index (κ2) is 9.57. The van der Waals surface area contributed by atoms with Crippen molar-refractivity contribution >= 4 is 43.9 Å². The number of aromatic nitrogens is 3. The number of benzene rings is 4. The average Bonchev–Trinajstić information content (AvgIpc) is 3.67. The minimum atomic E-state index is 0.181. The van der Waals surface area contributed by atoms with Gasteiger partial charge in [0.2, 0.25) is 5.69 Å². The van der Waals surface area contributed by atoms with Crippen molar-refractivity contribution in [1.82, 2.24) is 9.38 Å². The highest BCUT2D eigenvalue weighted by Crippen LogP contribution is 2.65. The van der Waals surface area contributed by atoms with E-state index in [2.05, 4.69) is 144 Å². The van der Waals surface area contributed by atoms with Gasteiger partial charge in [0, 0.05) is 50.5 Å². The van der Waals surface area contributed by atoms with E-state index >= 15 is 0 Å². The molecule has 0 radical (unpaired) electrons. The standard InChI is InChI=1S/C43H31N4/c1-4-35(44-5-2)34-23-33-32-22-27(26-13-7-6-8-14-26)21-31-29-16-11-12-18-37(29)47(41(31)32)43(33)45-40(34)39-38-30-17-10-9-15-28(30)36-20-19-25(3)24-46(36)42(38)39/h4-24,38-39,42H,1-2H2,3H3/q+1/b44-35-. The molecule has 8 aromatic rings. The lowest BCUT2D eigenvalue weighted by molar-refractivity contribution is -0.693. The van der Waals surface area contributed by atoms with Gasteiger partial charge in [-0.05, 0) is 66.1 Å². The fourth-order valence-electron chi connectivity index (χ4n) is 8.47. The lowest BCUT2D eigenvalue weighted by Gasteiger charge is -2.13. The molecule has 222 valence electrons. The molecule has 47 heavy (non-hydrogen) atoms. The second-order valence-corrected chi connectivity index (χ2v) is 13.0. The van der Waals surface area contributed by atoms with Crippen molar-refractivity contribution in [3.8, 4) is 22.4 Å². The Morgan fingerprint density at radius 3 is 2.38 bits per heavy atom. The zero-order valence-electron chi connectivity index (χ0n) is 26.1. The Hall–Kier alpha value is -5.87. The molecule has 0 amide bonds. The minimum absolute atomic E-state index is 0.181. The number of rotatable bonds is 5. The summed E-state index contributed by atoms with van der Waals surface area (Å²) in [7, 11) is 0. The number of aliphatic imine (C=N–C) groups is 1. The molecular weight excluding hydrogens is 573 g/mol. The topological polar surface area (TPSA) is 33.5 Å². The van der Waals surface area contributed by atoms with Gasteiger partial charge in [-0.2, -0.15) is 4.57 Å². The second-order valence-electron chi connectivity index (χ2n) is 13.0. The summed E-state index contributed by atoms with van der Waals surface area (Å²) in [4.78, 5) is 10.4. The lowest BCUT2D eigenvalue weighted by atomic mass is 9.95. The van der Waals surface area contributed by atoms with E-state index in [0.29, 0.717) is 5.92 Å². The van der Waals surface area contributed by atoms with Gasteiger partial charge < -0.3 is 0 Å². The third kappa shape index (κ3) is 3.55. The molecule has 5 heterocycles. The molecule has 3 atom stereocenters. The summed E-state index contributed by atoms with van der Waals surface area (Å²) in [5.74, 6) is 0.500. The van der Waals surface area contributed by atoms with E-state index < -0.39 is 0 Å². The van der Waals surface area contributed by atoms with Gasteiger partial charge in [0.25, 0.3) is 0 Å². The van der Waals surface area contributed by atoms with Crippen LogP contribution in [0, 0.1) is 6.92 Å². The van der Waals surface area contributed by atoms with Crippen LogP contribution in [0.25, 0.3) is 60.6 Å². The molecule has 1 aliphatic heterocycles. The maximum atomic E-state index is 5.71. The van der Waals surface area contributed by atoms with Gasteiger partial charge in [0.1, 0.15) is 5.65 Å². The number of aryl methyl sites for hydroxylation is 1. The fraction of sp³-hybridized carbons (Fsp3) is 0.0930. The van der Waals surface area contributed by atoms with Crippen LogP contribution in [0.2, 0.25) is 0 Å². The van der Waals surface area contributed by atoms with Crippen molar-refractivity contribution in [3.05, 3.63) is 163 Å². The Bertz CT molecular complexity index is 2640. The summed E-state index contributed by atoms with van der Waals surface area (Å²) in [5.41, 5.74) is 13.9. The van der Waals surface area contributed by atoms with E-state index in [0.717, 1.165) is 28.0 Å². The Labute approximate surface area is 272 Å². The molecule has 0 spiro atoms. The van der Waals surface area contributed by atoms with Gasteiger partial charge in [-0.3, -0.25) is 9.39 Å². The molecule has 4 nitrogen and oxygen atoms in total. The molecular formula is C43H31N4+. The summed E-state index contributed by atoms with van der Waals surface area (Å²) in [6.45, 7) is 10.3. The zero-order valence-corrected chi connectivity index (χ0v) is 26.1. The van der Waals surface area contributed by atoms with E-state index in [-0.39, 0.29) is 12.0 Å². The van der Waals surface area contributed by atoms with Crippen molar-refractivity contribution in [2.75, 3.05) is 0 Å². The number of nitrogens with zero attached hydrogens (tertiary/aromatic N) is 4. The summed E-state index contributed by atoms with van der Waals surface area (Å²) in [6.07, 6.45) is 5.77. The van der Waals surface area contributed by atoms with Crippen LogP contribution in [0.1, 0.15) is 40.3 Å². The SMILES string of the molecule is C=C/N=C(/C=C)c1cc2c3cc(-c4ccccc4)cc4c5ccccc5n(c2nc1C1C2c5ccccc5-c5ccc(C)c[n+]5C21)c43. The van der Waals surface area contributed by atoms with E-state index in [1.165, 1.54) is 60.7 Å². The quantitative estimate of drug-likeness (QED) is 0.142. The van der Waals surface area contributed by atoms with Gasteiger partial charge in [-0.1, -0.05) is 79.9 Å². The first-order valence-corrected chi connectivity index (χ1v) is 16.3. The van der Waals surface area contributed by atoms with Crippen LogP contribution in [0.15, 0.2) is 146 Å². The van der Waals surface area contributed by atoms with E-state index in [1.54, 1.807) is 6.20 Å². The summed E-state index contributed by atoms with van der Waals surface area (Å²) in [6, 6.07) is 40.0. The molecule has 4 heteroatoms. The first kappa shape index (κ1) is 26.4. The average molecular weight is 604 g/mol. The highest BCUT2D eigenvalue weighted by molar-refractivity contribution is 6.25. The molecule has 0 saturated heterocycles.